The summed E-state index contributed by atoms with van der Waals surface area (Å²) in [6.45, 7) is 0. The minimum Gasteiger partial charge on any atom is -0.508 e. The van der Waals surface area contributed by atoms with Crippen LogP contribution in [0.25, 0.3) is 10.8 Å². The number of aromatic hydroxyl groups is 1. The Morgan fingerprint density at radius 3 is 2.19 bits per heavy atom. The number of phenolic OH excluding ortho intramolecular Hbond substituents is 1. The second-order valence-corrected chi connectivity index (χ2v) is 14.7. The molecule has 0 unspecified atom stereocenters. The fourth-order valence-corrected chi connectivity index (χ4v) is 9.91. The topological polar surface area (TPSA) is 135 Å². The van der Waals surface area contributed by atoms with Crippen molar-refractivity contribution in [1.82, 2.24) is 0 Å². The van der Waals surface area contributed by atoms with Gasteiger partial charge in [-0.3, -0.25) is 24.1 Å². The maximum Gasteiger partial charge on any atom is 0.488 e. The molecule has 262 valence electrons. The summed E-state index contributed by atoms with van der Waals surface area (Å²) in [5.74, 6) is -6.03. The van der Waals surface area contributed by atoms with Crippen molar-refractivity contribution in [2.75, 3.05) is 9.80 Å². The molecule has 2 aliphatic carbocycles. The lowest BCUT2D eigenvalue weighted by atomic mass is 9.48. The van der Waals surface area contributed by atoms with E-state index in [1.807, 2.05) is 60.7 Å². The summed E-state index contributed by atoms with van der Waals surface area (Å²) in [6.07, 6.45) is 2.23. The molecular formula is C42H32BClN2O7. The van der Waals surface area contributed by atoms with Crippen molar-refractivity contribution in [2.24, 2.45) is 23.7 Å². The van der Waals surface area contributed by atoms with E-state index in [9.17, 15) is 24.7 Å². The van der Waals surface area contributed by atoms with Gasteiger partial charge in [0.15, 0.2) is 0 Å². The SMILES string of the molecule is O=C1[C@H]2[C@H](CC=C3[C@H]2C[C@H]2C(=O)N(c4cccc(Cl)c4)C(=O)[C@@]2(c2ccccc2)[C@H]3c2c(O)ccc3ccccc23)C(=O)N1c1cccc(B(O)O)c1. The number of hydrogen-bond acceptors (Lipinski definition) is 7. The molecule has 6 atom stereocenters. The average molecular weight is 723 g/mol. The lowest BCUT2D eigenvalue weighted by Crippen LogP contribution is -2.53. The van der Waals surface area contributed by atoms with Crippen molar-refractivity contribution in [3.05, 3.63) is 143 Å². The predicted octanol–water partition coefficient (Wildman–Crippen LogP) is 5.25. The monoisotopic (exact) mass is 722 g/mol. The maximum absolute atomic E-state index is 15.5. The van der Waals surface area contributed by atoms with Crippen molar-refractivity contribution in [2.45, 2.75) is 24.2 Å². The van der Waals surface area contributed by atoms with Crippen LogP contribution < -0.4 is 15.3 Å². The summed E-state index contributed by atoms with van der Waals surface area (Å²) in [6, 6.07) is 32.8. The molecule has 53 heavy (non-hydrogen) atoms. The van der Waals surface area contributed by atoms with Gasteiger partial charge in [-0.15, -0.1) is 0 Å². The van der Waals surface area contributed by atoms with Crippen LogP contribution in [0.15, 0.2) is 127 Å². The standard InChI is InChI=1S/C42H32BClN2O7/c44-26-12-7-14-28(21-26)46-39(49)33-22-32-30(17-18-31-35(32)40(50)45(38(31)48)27-13-6-11-25(20-27)43(52)53)37(42(33,41(46)51)24-9-2-1-3-10-24)36-29-15-5-4-8-23(29)16-19-34(36)47/h1-17,19-21,31-33,35,37,47,52-53H,18,22H2/t31-,32+,33-,35-,37+,42+/m0/s1. The van der Waals surface area contributed by atoms with Crippen LogP contribution in [0, 0.1) is 23.7 Å². The quantitative estimate of drug-likeness (QED) is 0.128. The van der Waals surface area contributed by atoms with Gasteiger partial charge < -0.3 is 15.2 Å². The number of rotatable bonds is 5. The minimum atomic E-state index is -1.80. The highest BCUT2D eigenvalue weighted by Gasteiger charge is 2.70. The molecule has 0 radical (unpaired) electrons. The largest absolute Gasteiger partial charge is 0.508 e. The number of nitrogens with zero attached hydrogens (tertiary/aromatic N) is 2. The number of phenols is 1. The minimum absolute atomic E-state index is 0.0530. The number of hydrogen-bond donors (Lipinski definition) is 3. The Bertz CT molecular complexity index is 2420. The first-order valence-corrected chi connectivity index (χ1v) is 17.9. The van der Waals surface area contributed by atoms with E-state index in [0.29, 0.717) is 27.2 Å². The van der Waals surface area contributed by atoms with Crippen LogP contribution in [0.5, 0.6) is 5.75 Å². The first-order chi connectivity index (χ1) is 25.6. The molecule has 1 saturated carbocycles. The summed E-state index contributed by atoms with van der Waals surface area (Å²) in [4.78, 5) is 61.7. The van der Waals surface area contributed by atoms with Gasteiger partial charge in [0, 0.05) is 16.5 Å². The van der Waals surface area contributed by atoms with Gasteiger partial charge in [-0.2, -0.15) is 0 Å². The van der Waals surface area contributed by atoms with Crippen LogP contribution >= 0.6 is 11.6 Å². The summed E-state index contributed by atoms with van der Waals surface area (Å²) in [5.41, 5.74) is 0.907. The first kappa shape index (κ1) is 33.3. The summed E-state index contributed by atoms with van der Waals surface area (Å²) >= 11 is 6.42. The van der Waals surface area contributed by atoms with Crippen molar-refractivity contribution in [1.29, 1.82) is 0 Å². The lowest BCUT2D eigenvalue weighted by Gasteiger charge is -2.51. The van der Waals surface area contributed by atoms with E-state index in [4.69, 9.17) is 11.6 Å². The molecule has 2 heterocycles. The molecule has 5 aromatic rings. The van der Waals surface area contributed by atoms with Gasteiger partial charge in [-0.05, 0) is 77.0 Å². The van der Waals surface area contributed by atoms with E-state index < -0.39 is 65.8 Å². The molecule has 9 nitrogen and oxygen atoms in total. The third kappa shape index (κ3) is 4.72. The summed E-state index contributed by atoms with van der Waals surface area (Å²) in [5, 5.41) is 33.5. The predicted molar refractivity (Wildman–Crippen MR) is 200 cm³/mol. The van der Waals surface area contributed by atoms with E-state index >= 15 is 9.59 Å². The number of carbonyl (C=O) groups is 4. The number of allylic oxidation sites excluding steroid dienone is 2. The summed E-state index contributed by atoms with van der Waals surface area (Å²) < 4.78 is 0. The molecule has 4 aliphatic rings. The highest BCUT2D eigenvalue weighted by Crippen LogP contribution is 2.66. The van der Waals surface area contributed by atoms with Crippen molar-refractivity contribution in [3.63, 3.8) is 0 Å². The van der Waals surface area contributed by atoms with E-state index in [1.54, 1.807) is 48.5 Å². The third-order valence-electron chi connectivity index (χ3n) is 11.8. The molecule has 2 aliphatic heterocycles. The Balaban J connectivity index is 1.30. The van der Waals surface area contributed by atoms with Gasteiger partial charge in [0.2, 0.25) is 23.6 Å². The van der Waals surface area contributed by atoms with Gasteiger partial charge in [0.25, 0.3) is 0 Å². The molecule has 3 N–H and O–H groups in total. The maximum atomic E-state index is 15.5. The fraction of sp³-hybridized carbons (Fsp3) is 0.190. The van der Waals surface area contributed by atoms with Crippen LogP contribution in [0.3, 0.4) is 0 Å². The van der Waals surface area contributed by atoms with Gasteiger partial charge in [-0.1, -0.05) is 102 Å². The molecule has 2 saturated heterocycles. The first-order valence-electron chi connectivity index (χ1n) is 17.6. The van der Waals surface area contributed by atoms with E-state index in [0.717, 1.165) is 15.9 Å². The van der Waals surface area contributed by atoms with Crippen LogP contribution in [0.2, 0.25) is 5.02 Å². The Hall–Kier alpha value is -5.55. The number of carbonyl (C=O) groups excluding carboxylic acids is 4. The zero-order chi connectivity index (χ0) is 36.8. The van der Waals surface area contributed by atoms with E-state index in [-0.39, 0.29) is 29.7 Å². The highest BCUT2D eigenvalue weighted by molar-refractivity contribution is 6.58. The Morgan fingerprint density at radius 2 is 1.43 bits per heavy atom. The number of fused-ring (bicyclic) bond motifs is 5. The molecule has 9 rings (SSSR count). The van der Waals surface area contributed by atoms with Gasteiger partial charge in [0.05, 0.1) is 34.5 Å². The Kier molecular flexibility index (Phi) is 7.71. The summed E-state index contributed by atoms with van der Waals surface area (Å²) in [7, 11) is -1.80. The van der Waals surface area contributed by atoms with E-state index in [2.05, 4.69) is 0 Å². The van der Waals surface area contributed by atoms with Crippen LogP contribution in [-0.4, -0.2) is 45.9 Å². The van der Waals surface area contributed by atoms with Crippen molar-refractivity contribution < 1.29 is 34.3 Å². The molecule has 5 aromatic carbocycles. The fourth-order valence-electron chi connectivity index (χ4n) is 9.72. The van der Waals surface area contributed by atoms with E-state index in [1.165, 1.54) is 17.0 Å². The van der Waals surface area contributed by atoms with Crippen molar-refractivity contribution in [3.8, 4) is 5.75 Å². The average Bonchev–Trinajstić information content (AvgIpc) is 3.56. The second-order valence-electron chi connectivity index (χ2n) is 14.3. The van der Waals surface area contributed by atoms with Crippen LogP contribution in [-0.2, 0) is 24.6 Å². The second kappa shape index (κ2) is 12.3. The van der Waals surface area contributed by atoms with Crippen LogP contribution in [0.1, 0.15) is 29.9 Å². The number of imide groups is 2. The van der Waals surface area contributed by atoms with Crippen molar-refractivity contribution >= 4 is 70.0 Å². The molecule has 0 spiro atoms. The smallest absolute Gasteiger partial charge is 0.488 e. The molecule has 0 aromatic heterocycles. The Morgan fingerprint density at radius 1 is 0.717 bits per heavy atom. The molecular weight excluding hydrogens is 691 g/mol. The third-order valence-corrected chi connectivity index (χ3v) is 12.1. The normalized spacial score (nSPS) is 26.4. The number of amides is 4. The Labute approximate surface area is 309 Å². The lowest BCUT2D eigenvalue weighted by molar-refractivity contribution is -0.127. The highest BCUT2D eigenvalue weighted by atomic mass is 35.5. The van der Waals surface area contributed by atoms with Gasteiger partial charge in [-0.25, -0.2) is 4.90 Å². The molecule has 3 fully saturated rings. The zero-order valence-electron chi connectivity index (χ0n) is 28.2. The van der Waals surface area contributed by atoms with Gasteiger partial charge >= 0.3 is 7.12 Å². The molecule has 11 heteroatoms. The zero-order valence-corrected chi connectivity index (χ0v) is 28.9. The van der Waals surface area contributed by atoms with Crippen LogP contribution in [0.4, 0.5) is 11.4 Å². The number of benzene rings is 5. The molecule has 4 amide bonds. The number of anilines is 2. The number of halogens is 1. The molecule has 0 bridgehead atoms. The van der Waals surface area contributed by atoms with Gasteiger partial charge in [0.1, 0.15) is 5.75 Å².